The van der Waals surface area contributed by atoms with E-state index in [-0.39, 0.29) is 41.6 Å². The minimum Gasteiger partial charge on any atom is -0.507 e. The van der Waals surface area contributed by atoms with Crippen LogP contribution in [0.2, 0.25) is 0 Å². The molecule has 8 nitrogen and oxygen atoms in total. The third-order valence-corrected chi connectivity index (χ3v) is 6.67. The maximum atomic E-state index is 12.7. The lowest BCUT2D eigenvalue weighted by Gasteiger charge is -2.51. The number of aliphatic hydroxyl groups excluding tert-OH is 1. The number of carbonyl (C=O) groups excluding carboxylic acids is 3. The SMILES string of the molecule is CC(C=C/C(O)=C1/C(=O)CNC1=O)=CC(C)[C@H]1O[C@]2(C)O[C@H](C(=O)[C@@H]3O[C@@]32C)[C@@H]1C. The molecule has 2 N–H and O–H groups in total. The first-order valence-corrected chi connectivity index (χ1v) is 10.2. The Morgan fingerprint density at radius 2 is 1.90 bits per heavy atom. The number of hydrogen-bond donors (Lipinski definition) is 2. The highest BCUT2D eigenvalue weighted by Crippen LogP contribution is 2.57. The molecule has 4 aliphatic rings. The molecule has 4 saturated heterocycles. The summed E-state index contributed by atoms with van der Waals surface area (Å²) in [5, 5.41) is 12.5. The Bertz CT molecular complexity index is 900. The van der Waals surface area contributed by atoms with Crippen LogP contribution in [0.25, 0.3) is 0 Å². The second-order valence-corrected chi connectivity index (χ2v) is 8.90. The van der Waals surface area contributed by atoms with E-state index < -0.39 is 35.3 Å². The number of rotatable bonds is 4. The highest BCUT2D eigenvalue weighted by Gasteiger charge is 2.76. The van der Waals surface area contributed by atoms with Crippen LogP contribution in [0, 0.1) is 11.8 Å². The zero-order chi connectivity index (χ0) is 22.0. The number of ketones is 2. The van der Waals surface area contributed by atoms with Crippen molar-refractivity contribution in [1.29, 1.82) is 0 Å². The highest BCUT2D eigenvalue weighted by atomic mass is 16.8. The van der Waals surface area contributed by atoms with Crippen LogP contribution in [0.5, 0.6) is 0 Å². The second-order valence-electron chi connectivity index (χ2n) is 8.90. The molecule has 162 valence electrons. The van der Waals surface area contributed by atoms with Gasteiger partial charge in [0.05, 0.1) is 12.6 Å². The first-order valence-electron chi connectivity index (χ1n) is 10.2. The van der Waals surface area contributed by atoms with Gasteiger partial charge in [0.25, 0.3) is 5.91 Å². The molecule has 0 aromatic carbocycles. The standard InChI is InChI=1S/C22H27NO7/c1-10(6-7-13(24)15-14(25)9-23-20(15)27)8-11(2)17-12(3)18-16(26)19-21(4,30-19)22(5,28-17)29-18/h6-8,11-12,17-19,24H,9H2,1-5H3,(H,23,27)/b7-6?,10-8?,15-13+/t11?,12-,17-,18+,19+,21+,22-/m1/s1. The number of epoxide rings is 1. The number of aliphatic hydroxyl groups is 1. The molecule has 0 aliphatic carbocycles. The summed E-state index contributed by atoms with van der Waals surface area (Å²) < 4.78 is 18.0. The molecule has 2 bridgehead atoms. The average Bonchev–Trinajstić information content (AvgIpc) is 3.29. The molecule has 1 unspecified atom stereocenters. The first-order chi connectivity index (χ1) is 14.0. The van der Waals surface area contributed by atoms with Crippen LogP contribution in [-0.4, -0.2) is 58.8 Å². The van der Waals surface area contributed by atoms with Crippen molar-refractivity contribution in [2.24, 2.45) is 11.8 Å². The van der Waals surface area contributed by atoms with E-state index in [2.05, 4.69) is 5.32 Å². The number of fused-ring (bicyclic) bond motifs is 4. The Kier molecular flexibility index (Phi) is 4.80. The number of carbonyl (C=O) groups is 3. The van der Waals surface area contributed by atoms with Crippen molar-refractivity contribution in [2.75, 3.05) is 6.54 Å². The van der Waals surface area contributed by atoms with Gasteiger partial charge in [-0.2, -0.15) is 0 Å². The van der Waals surface area contributed by atoms with Gasteiger partial charge in [0.15, 0.2) is 29.1 Å². The van der Waals surface area contributed by atoms with Crippen LogP contribution in [-0.2, 0) is 28.6 Å². The molecule has 4 heterocycles. The van der Waals surface area contributed by atoms with Crippen LogP contribution < -0.4 is 5.32 Å². The molecular formula is C22H27NO7. The van der Waals surface area contributed by atoms with E-state index in [0.717, 1.165) is 5.57 Å². The van der Waals surface area contributed by atoms with Crippen molar-refractivity contribution in [3.8, 4) is 0 Å². The molecule has 7 atom stereocenters. The van der Waals surface area contributed by atoms with Crippen molar-refractivity contribution in [2.45, 2.75) is 64.3 Å². The quantitative estimate of drug-likeness (QED) is 0.234. The molecule has 0 aromatic rings. The molecule has 4 aliphatic heterocycles. The van der Waals surface area contributed by atoms with Crippen LogP contribution in [0.15, 0.2) is 35.1 Å². The van der Waals surface area contributed by atoms with E-state index in [1.54, 1.807) is 6.08 Å². The van der Waals surface area contributed by atoms with Crippen LogP contribution in [0.1, 0.15) is 34.6 Å². The Morgan fingerprint density at radius 1 is 1.20 bits per heavy atom. The smallest absolute Gasteiger partial charge is 0.259 e. The minimum absolute atomic E-state index is 0.0281. The second kappa shape index (κ2) is 6.87. The molecule has 8 heteroatoms. The van der Waals surface area contributed by atoms with Crippen molar-refractivity contribution in [3.63, 3.8) is 0 Å². The number of Topliss-reactive ketones (excluding diaryl/α,β-unsaturated/α-hetero) is 2. The zero-order valence-corrected chi connectivity index (χ0v) is 17.7. The van der Waals surface area contributed by atoms with Gasteiger partial charge in [-0.25, -0.2) is 0 Å². The number of nitrogens with one attached hydrogen (secondary N) is 1. The summed E-state index contributed by atoms with van der Waals surface area (Å²) in [6, 6.07) is 0. The Labute approximate surface area is 174 Å². The number of ether oxygens (including phenoxy) is 3. The fraction of sp³-hybridized carbons (Fsp3) is 0.591. The normalized spacial score (nSPS) is 43.5. The largest absolute Gasteiger partial charge is 0.507 e. The molecule has 0 radical (unpaired) electrons. The molecule has 0 saturated carbocycles. The van der Waals surface area contributed by atoms with E-state index in [4.69, 9.17) is 14.2 Å². The number of allylic oxidation sites excluding steroid dienone is 3. The summed E-state index contributed by atoms with van der Waals surface area (Å²) in [4.78, 5) is 36.0. The van der Waals surface area contributed by atoms with E-state index in [1.165, 1.54) is 6.08 Å². The van der Waals surface area contributed by atoms with Gasteiger partial charge in [-0.1, -0.05) is 31.6 Å². The van der Waals surface area contributed by atoms with Gasteiger partial charge in [-0.15, -0.1) is 0 Å². The molecule has 4 rings (SSSR count). The fourth-order valence-electron chi connectivity index (χ4n) is 4.67. The first kappa shape index (κ1) is 21.0. The zero-order valence-electron chi connectivity index (χ0n) is 17.7. The monoisotopic (exact) mass is 417 g/mol. The van der Waals surface area contributed by atoms with Gasteiger partial charge in [-0.3, -0.25) is 14.4 Å². The lowest BCUT2D eigenvalue weighted by Crippen LogP contribution is -2.66. The summed E-state index contributed by atoms with van der Waals surface area (Å²) in [6.07, 6.45) is 3.64. The highest BCUT2D eigenvalue weighted by molar-refractivity contribution is 6.25. The lowest BCUT2D eigenvalue weighted by molar-refractivity contribution is -0.350. The van der Waals surface area contributed by atoms with Crippen molar-refractivity contribution in [3.05, 3.63) is 35.1 Å². The van der Waals surface area contributed by atoms with E-state index >= 15 is 0 Å². The average molecular weight is 417 g/mol. The third-order valence-electron chi connectivity index (χ3n) is 6.67. The van der Waals surface area contributed by atoms with Crippen molar-refractivity contribution in [1.82, 2.24) is 5.32 Å². The summed E-state index contributed by atoms with van der Waals surface area (Å²) in [6.45, 7) is 9.34. The van der Waals surface area contributed by atoms with Gasteiger partial charge in [0, 0.05) is 11.8 Å². The van der Waals surface area contributed by atoms with Crippen molar-refractivity contribution >= 4 is 17.5 Å². The third kappa shape index (κ3) is 3.05. The van der Waals surface area contributed by atoms with E-state index in [9.17, 15) is 19.5 Å². The molecular weight excluding hydrogens is 390 g/mol. The Hall–Kier alpha value is -2.29. The van der Waals surface area contributed by atoms with Crippen LogP contribution in [0.3, 0.4) is 0 Å². The van der Waals surface area contributed by atoms with E-state index in [0.29, 0.717) is 0 Å². The molecule has 30 heavy (non-hydrogen) atoms. The molecule has 4 fully saturated rings. The number of hydrogen-bond acceptors (Lipinski definition) is 7. The predicted octanol–water partition coefficient (Wildman–Crippen LogP) is 1.51. The predicted molar refractivity (Wildman–Crippen MR) is 105 cm³/mol. The summed E-state index contributed by atoms with van der Waals surface area (Å²) in [5.41, 5.74) is -0.167. The minimum atomic E-state index is -0.988. The maximum Gasteiger partial charge on any atom is 0.259 e. The van der Waals surface area contributed by atoms with Crippen molar-refractivity contribution < 1.29 is 33.7 Å². The van der Waals surface area contributed by atoms with Gasteiger partial charge >= 0.3 is 0 Å². The molecule has 0 aromatic heterocycles. The van der Waals surface area contributed by atoms with Gasteiger partial charge in [0.1, 0.15) is 17.4 Å². The van der Waals surface area contributed by atoms with Gasteiger partial charge in [0.2, 0.25) is 0 Å². The van der Waals surface area contributed by atoms with E-state index in [1.807, 2.05) is 40.7 Å². The van der Waals surface area contributed by atoms with Crippen LogP contribution >= 0.6 is 0 Å². The lowest BCUT2D eigenvalue weighted by atomic mass is 9.78. The van der Waals surface area contributed by atoms with Gasteiger partial charge in [-0.05, 0) is 26.8 Å². The summed E-state index contributed by atoms with van der Waals surface area (Å²) in [7, 11) is 0. The summed E-state index contributed by atoms with van der Waals surface area (Å²) in [5.74, 6) is -2.59. The summed E-state index contributed by atoms with van der Waals surface area (Å²) >= 11 is 0. The maximum absolute atomic E-state index is 12.7. The van der Waals surface area contributed by atoms with Gasteiger partial charge < -0.3 is 24.6 Å². The van der Waals surface area contributed by atoms with Crippen LogP contribution in [0.4, 0.5) is 0 Å². The Balaban J connectivity index is 1.51. The Morgan fingerprint density at radius 3 is 2.53 bits per heavy atom. The molecule has 1 amide bonds. The molecule has 0 spiro atoms. The topological polar surface area (TPSA) is 114 Å². The number of amides is 1. The fourth-order valence-corrected chi connectivity index (χ4v) is 4.67.